The minimum absolute atomic E-state index is 0.0999. The third-order valence-electron chi connectivity index (χ3n) is 3.15. The molecule has 0 saturated carbocycles. The third kappa shape index (κ3) is 2.23. The van der Waals surface area contributed by atoms with Crippen LogP contribution in [-0.2, 0) is 5.41 Å². The summed E-state index contributed by atoms with van der Waals surface area (Å²) >= 11 is 0. The summed E-state index contributed by atoms with van der Waals surface area (Å²) in [6.07, 6.45) is 3.95. The molecule has 100 valence electrons. The number of benzene rings is 1. The first-order valence-electron chi connectivity index (χ1n) is 6.93. The van der Waals surface area contributed by atoms with Crippen LogP contribution in [0.25, 0.3) is 16.6 Å². The number of rotatable bonds is 0. The van der Waals surface area contributed by atoms with E-state index >= 15 is 0 Å². The molecule has 0 atom stereocenters. The minimum atomic E-state index is 0.0999. The molecule has 0 unspecified atom stereocenters. The number of nitrogens with zero attached hydrogens (tertiary/aromatic N) is 2. The molecule has 0 fully saturated rings. The Kier molecular flexibility index (Phi) is 3.61. The quantitative estimate of drug-likeness (QED) is 0.562. The summed E-state index contributed by atoms with van der Waals surface area (Å²) in [7, 11) is 0. The molecule has 2 aromatic heterocycles. The van der Waals surface area contributed by atoms with Gasteiger partial charge in [0.2, 0.25) is 0 Å². The smallest absolute Gasteiger partial charge is 0.141 e. The van der Waals surface area contributed by atoms with E-state index in [4.69, 9.17) is 0 Å². The average molecular weight is 254 g/mol. The van der Waals surface area contributed by atoms with Crippen LogP contribution in [0.15, 0.2) is 42.7 Å². The molecular formula is C17H22N2. The Hall–Kier alpha value is -1.83. The Morgan fingerprint density at radius 2 is 1.68 bits per heavy atom. The molecular weight excluding hydrogens is 232 g/mol. The molecule has 0 N–H and O–H groups in total. The predicted octanol–water partition coefficient (Wildman–Crippen LogP) is 4.81. The molecule has 3 aromatic rings. The van der Waals surface area contributed by atoms with Gasteiger partial charge in [-0.05, 0) is 17.5 Å². The van der Waals surface area contributed by atoms with Gasteiger partial charge in [-0.25, -0.2) is 4.98 Å². The van der Waals surface area contributed by atoms with E-state index in [1.54, 1.807) is 0 Å². The van der Waals surface area contributed by atoms with Gasteiger partial charge in [-0.3, -0.25) is 0 Å². The van der Waals surface area contributed by atoms with Crippen molar-refractivity contribution in [3.63, 3.8) is 0 Å². The van der Waals surface area contributed by atoms with E-state index in [0.29, 0.717) is 0 Å². The predicted molar refractivity (Wildman–Crippen MR) is 82.7 cm³/mol. The molecule has 3 rings (SSSR count). The summed E-state index contributed by atoms with van der Waals surface area (Å²) in [6, 6.07) is 10.5. The molecule has 0 aliphatic heterocycles. The topological polar surface area (TPSA) is 17.3 Å². The molecule has 0 radical (unpaired) electrons. The highest BCUT2D eigenvalue weighted by atomic mass is 15.0. The summed E-state index contributed by atoms with van der Waals surface area (Å²) in [5, 5.41) is 1.30. The van der Waals surface area contributed by atoms with E-state index in [9.17, 15) is 0 Å². The van der Waals surface area contributed by atoms with Crippen molar-refractivity contribution in [1.82, 2.24) is 9.38 Å². The summed E-state index contributed by atoms with van der Waals surface area (Å²) in [5.41, 5.74) is 3.73. The van der Waals surface area contributed by atoms with Crippen LogP contribution < -0.4 is 0 Å². The number of hydrogen-bond donors (Lipinski definition) is 0. The van der Waals surface area contributed by atoms with Crippen LogP contribution in [0.4, 0.5) is 0 Å². The Morgan fingerprint density at radius 1 is 1.00 bits per heavy atom. The first kappa shape index (κ1) is 13.6. The number of para-hydroxylation sites is 1. The zero-order chi connectivity index (χ0) is 14.0. The molecule has 2 nitrogen and oxygen atoms in total. The molecule has 1 aromatic carbocycles. The second-order valence-electron chi connectivity index (χ2n) is 5.46. The normalized spacial score (nSPS) is 11.4. The fourth-order valence-corrected chi connectivity index (χ4v) is 2.51. The number of hydrogen-bond acceptors (Lipinski definition) is 1. The van der Waals surface area contributed by atoms with Gasteiger partial charge >= 0.3 is 0 Å². The van der Waals surface area contributed by atoms with Crippen molar-refractivity contribution in [2.45, 2.75) is 40.0 Å². The van der Waals surface area contributed by atoms with E-state index in [1.165, 1.54) is 16.5 Å². The summed E-state index contributed by atoms with van der Waals surface area (Å²) in [6.45, 7) is 10.7. The van der Waals surface area contributed by atoms with E-state index in [-0.39, 0.29) is 5.41 Å². The van der Waals surface area contributed by atoms with E-state index < -0.39 is 0 Å². The van der Waals surface area contributed by atoms with Crippen molar-refractivity contribution < 1.29 is 0 Å². The largest absolute Gasteiger partial charge is 0.301 e. The lowest BCUT2D eigenvalue weighted by Gasteiger charge is -2.17. The minimum Gasteiger partial charge on any atom is -0.301 e. The van der Waals surface area contributed by atoms with Crippen molar-refractivity contribution in [2.24, 2.45) is 0 Å². The monoisotopic (exact) mass is 254 g/mol. The molecule has 0 saturated heterocycles. The third-order valence-corrected chi connectivity index (χ3v) is 3.15. The van der Waals surface area contributed by atoms with Crippen LogP contribution in [0.3, 0.4) is 0 Å². The Balaban J connectivity index is 0.000000637. The molecule has 0 aliphatic carbocycles. The molecule has 0 bridgehead atoms. The van der Waals surface area contributed by atoms with E-state index in [2.05, 4.69) is 60.6 Å². The Morgan fingerprint density at radius 3 is 2.37 bits per heavy atom. The average Bonchev–Trinajstić information content (AvgIpc) is 2.75. The van der Waals surface area contributed by atoms with Gasteiger partial charge in [0.15, 0.2) is 0 Å². The van der Waals surface area contributed by atoms with Crippen molar-refractivity contribution in [3.8, 4) is 0 Å². The fraction of sp³-hybridized carbons (Fsp3) is 0.353. The first-order chi connectivity index (χ1) is 9.09. The maximum atomic E-state index is 4.55. The lowest BCUT2D eigenvalue weighted by Crippen LogP contribution is -2.11. The van der Waals surface area contributed by atoms with E-state index in [1.807, 2.05) is 26.1 Å². The second-order valence-corrected chi connectivity index (χ2v) is 5.46. The van der Waals surface area contributed by atoms with Gasteiger partial charge in [0, 0.05) is 23.3 Å². The molecule has 0 amide bonds. The van der Waals surface area contributed by atoms with Gasteiger partial charge in [-0.1, -0.05) is 52.8 Å². The number of aromatic nitrogens is 2. The molecule has 2 heteroatoms. The van der Waals surface area contributed by atoms with Crippen LogP contribution >= 0.6 is 0 Å². The van der Waals surface area contributed by atoms with Gasteiger partial charge in [-0.15, -0.1) is 0 Å². The van der Waals surface area contributed by atoms with Gasteiger partial charge in [0.25, 0.3) is 0 Å². The fourth-order valence-electron chi connectivity index (χ4n) is 2.51. The molecule has 0 aliphatic rings. The van der Waals surface area contributed by atoms with Crippen LogP contribution in [-0.4, -0.2) is 9.38 Å². The van der Waals surface area contributed by atoms with Gasteiger partial charge in [0.05, 0.1) is 5.52 Å². The van der Waals surface area contributed by atoms with Crippen LogP contribution in [0.1, 0.15) is 40.2 Å². The summed E-state index contributed by atoms with van der Waals surface area (Å²) < 4.78 is 2.18. The van der Waals surface area contributed by atoms with Crippen molar-refractivity contribution >= 4 is 16.6 Å². The maximum absolute atomic E-state index is 4.55. The second kappa shape index (κ2) is 5.04. The molecule has 2 heterocycles. The van der Waals surface area contributed by atoms with Crippen molar-refractivity contribution in [2.75, 3.05) is 0 Å². The van der Waals surface area contributed by atoms with Crippen LogP contribution in [0.5, 0.6) is 0 Å². The SMILES string of the molecule is CC.CC(C)(C)c1c2ccccc2n2cccnc12. The van der Waals surface area contributed by atoms with Crippen LogP contribution in [0.2, 0.25) is 0 Å². The Bertz CT molecular complexity index is 634. The highest BCUT2D eigenvalue weighted by Gasteiger charge is 2.23. The zero-order valence-electron chi connectivity index (χ0n) is 12.4. The maximum Gasteiger partial charge on any atom is 0.141 e. The van der Waals surface area contributed by atoms with Crippen molar-refractivity contribution in [1.29, 1.82) is 0 Å². The zero-order valence-corrected chi connectivity index (χ0v) is 12.4. The Labute approximate surface area is 115 Å². The number of fused-ring (bicyclic) bond motifs is 3. The lowest BCUT2D eigenvalue weighted by molar-refractivity contribution is 0.599. The standard InChI is InChI=1S/C15H16N2.C2H6/c1-15(2,3)13-11-7-4-5-8-12(11)17-10-6-9-16-14(13)17;1-2/h4-10H,1-3H3;1-2H3. The first-order valence-corrected chi connectivity index (χ1v) is 6.93. The molecule has 19 heavy (non-hydrogen) atoms. The highest BCUT2D eigenvalue weighted by molar-refractivity contribution is 5.92. The summed E-state index contributed by atoms with van der Waals surface area (Å²) in [4.78, 5) is 4.55. The summed E-state index contributed by atoms with van der Waals surface area (Å²) in [5.74, 6) is 0. The highest BCUT2D eigenvalue weighted by Crippen LogP contribution is 2.34. The lowest BCUT2D eigenvalue weighted by atomic mass is 9.86. The van der Waals surface area contributed by atoms with Gasteiger partial charge < -0.3 is 4.40 Å². The molecule has 0 spiro atoms. The van der Waals surface area contributed by atoms with Gasteiger partial charge in [0.1, 0.15) is 5.65 Å². The van der Waals surface area contributed by atoms with E-state index in [0.717, 1.165) is 5.65 Å². The van der Waals surface area contributed by atoms with Crippen LogP contribution in [0, 0.1) is 0 Å². The van der Waals surface area contributed by atoms with Gasteiger partial charge in [-0.2, -0.15) is 0 Å². The van der Waals surface area contributed by atoms with Crippen molar-refractivity contribution in [3.05, 3.63) is 48.3 Å².